The smallest absolute Gasteiger partial charge is 0.191 e. The second kappa shape index (κ2) is 10.2. The van der Waals surface area contributed by atoms with Gasteiger partial charge in [-0.3, -0.25) is 0 Å². The lowest BCUT2D eigenvalue weighted by atomic mass is 10.1. The van der Waals surface area contributed by atoms with E-state index in [-0.39, 0.29) is 24.0 Å². The molecular weight excluding hydrogens is 389 g/mol. The zero-order chi connectivity index (χ0) is 14.9. The van der Waals surface area contributed by atoms with Crippen molar-refractivity contribution in [2.75, 3.05) is 13.1 Å². The number of aryl methyl sites for hydroxylation is 1. The van der Waals surface area contributed by atoms with E-state index in [4.69, 9.17) is 0 Å². The van der Waals surface area contributed by atoms with Gasteiger partial charge < -0.3 is 15.2 Å². The number of hydrogen-bond donors (Lipinski definition) is 2. The summed E-state index contributed by atoms with van der Waals surface area (Å²) in [5, 5.41) is 6.59. The van der Waals surface area contributed by atoms with E-state index in [1.54, 1.807) is 6.20 Å². The molecular formula is C16H24IN5. The van der Waals surface area contributed by atoms with Gasteiger partial charge in [-0.15, -0.1) is 24.0 Å². The standard InChI is InChI=1S/C16H23N5.HI/c1-3-18-16(19-9-11-21-10-8-17-13-21)20-12-15-6-4-14(2)5-7-15;/h4-8,10,13H,3,9,11-12H2,1-2H3,(H2,18,19,20);1H. The van der Waals surface area contributed by atoms with Crippen molar-refractivity contribution in [3.05, 3.63) is 54.1 Å². The van der Waals surface area contributed by atoms with Crippen LogP contribution in [0.1, 0.15) is 18.1 Å². The molecule has 0 saturated carbocycles. The van der Waals surface area contributed by atoms with Gasteiger partial charge in [0.05, 0.1) is 12.9 Å². The molecule has 0 amide bonds. The van der Waals surface area contributed by atoms with Crippen molar-refractivity contribution in [2.45, 2.75) is 26.9 Å². The van der Waals surface area contributed by atoms with Gasteiger partial charge in [-0.25, -0.2) is 9.98 Å². The topological polar surface area (TPSA) is 54.2 Å². The number of imidazole rings is 1. The van der Waals surface area contributed by atoms with Crippen LogP contribution in [0.3, 0.4) is 0 Å². The van der Waals surface area contributed by atoms with E-state index in [1.807, 2.05) is 17.1 Å². The predicted octanol–water partition coefficient (Wildman–Crippen LogP) is 2.56. The highest BCUT2D eigenvalue weighted by molar-refractivity contribution is 14.0. The van der Waals surface area contributed by atoms with E-state index >= 15 is 0 Å². The third-order valence-electron chi connectivity index (χ3n) is 3.11. The van der Waals surface area contributed by atoms with E-state index in [0.717, 1.165) is 25.6 Å². The van der Waals surface area contributed by atoms with Crippen LogP contribution in [0.4, 0.5) is 0 Å². The number of aromatic nitrogens is 2. The Balaban J connectivity index is 0.00000242. The molecule has 120 valence electrons. The van der Waals surface area contributed by atoms with Gasteiger partial charge >= 0.3 is 0 Å². The van der Waals surface area contributed by atoms with Gasteiger partial charge in [-0.2, -0.15) is 0 Å². The van der Waals surface area contributed by atoms with Crippen molar-refractivity contribution in [2.24, 2.45) is 4.99 Å². The van der Waals surface area contributed by atoms with Crippen LogP contribution < -0.4 is 10.6 Å². The maximum absolute atomic E-state index is 4.60. The number of nitrogens with zero attached hydrogens (tertiary/aromatic N) is 3. The molecule has 1 aromatic heterocycles. The molecule has 0 aliphatic rings. The second-order valence-electron chi connectivity index (χ2n) is 4.91. The van der Waals surface area contributed by atoms with Crippen LogP contribution in [0.25, 0.3) is 0 Å². The fraction of sp³-hybridized carbons (Fsp3) is 0.375. The Morgan fingerprint density at radius 3 is 2.64 bits per heavy atom. The number of nitrogens with one attached hydrogen (secondary N) is 2. The number of halogens is 1. The molecule has 0 fully saturated rings. The summed E-state index contributed by atoms with van der Waals surface area (Å²) in [6.45, 7) is 7.38. The molecule has 0 spiro atoms. The van der Waals surface area contributed by atoms with Crippen LogP contribution in [0.15, 0.2) is 48.0 Å². The highest BCUT2D eigenvalue weighted by Gasteiger charge is 1.98. The lowest BCUT2D eigenvalue weighted by molar-refractivity contribution is 0.662. The van der Waals surface area contributed by atoms with Crippen LogP contribution in [0.5, 0.6) is 0 Å². The minimum Gasteiger partial charge on any atom is -0.357 e. The SMILES string of the molecule is CCNC(=NCc1ccc(C)cc1)NCCn1ccnc1.I. The Hall–Kier alpha value is -1.57. The summed E-state index contributed by atoms with van der Waals surface area (Å²) in [6, 6.07) is 8.47. The number of benzene rings is 1. The highest BCUT2D eigenvalue weighted by atomic mass is 127. The number of guanidine groups is 1. The molecule has 22 heavy (non-hydrogen) atoms. The first-order valence-corrected chi connectivity index (χ1v) is 7.31. The largest absolute Gasteiger partial charge is 0.357 e. The van der Waals surface area contributed by atoms with Gasteiger partial charge in [0, 0.05) is 32.0 Å². The van der Waals surface area contributed by atoms with E-state index < -0.39 is 0 Å². The van der Waals surface area contributed by atoms with Crippen molar-refractivity contribution in [1.29, 1.82) is 0 Å². The molecule has 2 rings (SSSR count). The lowest BCUT2D eigenvalue weighted by Gasteiger charge is -2.11. The summed E-state index contributed by atoms with van der Waals surface area (Å²) >= 11 is 0. The minimum absolute atomic E-state index is 0. The van der Waals surface area contributed by atoms with Crippen molar-refractivity contribution >= 4 is 29.9 Å². The van der Waals surface area contributed by atoms with Crippen molar-refractivity contribution in [3.63, 3.8) is 0 Å². The molecule has 6 heteroatoms. The van der Waals surface area contributed by atoms with Gasteiger partial charge in [-0.05, 0) is 19.4 Å². The number of hydrogen-bond acceptors (Lipinski definition) is 2. The summed E-state index contributed by atoms with van der Waals surface area (Å²) in [5.74, 6) is 0.846. The highest BCUT2D eigenvalue weighted by Crippen LogP contribution is 2.04. The fourth-order valence-electron chi connectivity index (χ4n) is 1.93. The average molecular weight is 413 g/mol. The number of aliphatic imine (C=N–C) groups is 1. The fourth-order valence-corrected chi connectivity index (χ4v) is 1.93. The van der Waals surface area contributed by atoms with Gasteiger partial charge in [0.25, 0.3) is 0 Å². The predicted molar refractivity (Wildman–Crippen MR) is 102 cm³/mol. The summed E-state index contributed by atoms with van der Waals surface area (Å²) < 4.78 is 2.04. The monoisotopic (exact) mass is 413 g/mol. The zero-order valence-electron chi connectivity index (χ0n) is 13.1. The van der Waals surface area contributed by atoms with E-state index in [1.165, 1.54) is 11.1 Å². The van der Waals surface area contributed by atoms with Gasteiger partial charge in [0.1, 0.15) is 0 Å². The Kier molecular flexibility index (Phi) is 8.57. The lowest BCUT2D eigenvalue weighted by Crippen LogP contribution is -2.38. The average Bonchev–Trinajstić information content (AvgIpc) is 3.00. The molecule has 5 nitrogen and oxygen atoms in total. The molecule has 0 saturated heterocycles. The summed E-state index contributed by atoms with van der Waals surface area (Å²) in [4.78, 5) is 8.63. The first-order valence-electron chi connectivity index (χ1n) is 7.31. The molecule has 0 aliphatic heterocycles. The van der Waals surface area contributed by atoms with Crippen LogP contribution in [-0.2, 0) is 13.1 Å². The third kappa shape index (κ3) is 6.46. The molecule has 2 N–H and O–H groups in total. The van der Waals surface area contributed by atoms with Crippen LogP contribution in [0, 0.1) is 6.92 Å². The molecule has 0 atom stereocenters. The zero-order valence-corrected chi connectivity index (χ0v) is 15.5. The second-order valence-corrected chi connectivity index (χ2v) is 4.91. The van der Waals surface area contributed by atoms with Crippen LogP contribution in [0.2, 0.25) is 0 Å². The van der Waals surface area contributed by atoms with Crippen molar-refractivity contribution < 1.29 is 0 Å². The maximum atomic E-state index is 4.60. The van der Waals surface area contributed by atoms with E-state index in [0.29, 0.717) is 6.54 Å². The van der Waals surface area contributed by atoms with Gasteiger partial charge in [-0.1, -0.05) is 29.8 Å². The minimum atomic E-state index is 0. The van der Waals surface area contributed by atoms with E-state index in [2.05, 4.69) is 58.7 Å². The quantitative estimate of drug-likeness (QED) is 0.435. The summed E-state index contributed by atoms with van der Waals surface area (Å²) in [7, 11) is 0. The van der Waals surface area contributed by atoms with E-state index in [9.17, 15) is 0 Å². The molecule has 0 aliphatic carbocycles. The summed E-state index contributed by atoms with van der Waals surface area (Å²) in [5.41, 5.74) is 2.49. The molecule has 1 aromatic carbocycles. The van der Waals surface area contributed by atoms with Gasteiger partial charge in [0.2, 0.25) is 0 Å². The Bertz CT molecular complexity index is 548. The maximum Gasteiger partial charge on any atom is 0.191 e. The first-order chi connectivity index (χ1) is 10.3. The summed E-state index contributed by atoms with van der Waals surface area (Å²) in [6.07, 6.45) is 5.56. The van der Waals surface area contributed by atoms with Gasteiger partial charge in [0.15, 0.2) is 5.96 Å². The number of rotatable bonds is 6. The van der Waals surface area contributed by atoms with Crippen molar-refractivity contribution in [1.82, 2.24) is 20.2 Å². The molecule has 2 aromatic rings. The van der Waals surface area contributed by atoms with Crippen LogP contribution >= 0.6 is 24.0 Å². The molecule has 0 unspecified atom stereocenters. The van der Waals surface area contributed by atoms with Crippen molar-refractivity contribution in [3.8, 4) is 0 Å². The molecule has 0 radical (unpaired) electrons. The Morgan fingerprint density at radius 1 is 1.23 bits per heavy atom. The normalized spacial score (nSPS) is 10.9. The molecule has 1 heterocycles. The third-order valence-corrected chi connectivity index (χ3v) is 3.11. The Labute approximate surface area is 149 Å². The van der Waals surface area contributed by atoms with Crippen LogP contribution in [-0.4, -0.2) is 28.6 Å². The molecule has 0 bridgehead atoms. The Morgan fingerprint density at radius 2 is 2.00 bits per heavy atom. The first kappa shape index (κ1) is 18.5.